The lowest BCUT2D eigenvalue weighted by Crippen LogP contribution is -2.39. The summed E-state index contributed by atoms with van der Waals surface area (Å²) in [5.74, 6) is 0.684. The Kier molecular flexibility index (Phi) is 5.81. The predicted molar refractivity (Wildman–Crippen MR) is 65.1 cm³/mol. The Morgan fingerprint density at radius 2 is 2.12 bits per heavy atom. The van der Waals surface area contributed by atoms with Gasteiger partial charge in [-0.25, -0.2) is 0 Å². The Morgan fingerprint density at radius 3 is 2.75 bits per heavy atom. The Balaban J connectivity index is 2.30. The summed E-state index contributed by atoms with van der Waals surface area (Å²) in [6, 6.07) is 0.0682. The van der Waals surface area contributed by atoms with Crippen molar-refractivity contribution in [3.63, 3.8) is 0 Å². The van der Waals surface area contributed by atoms with Crippen LogP contribution in [0.2, 0.25) is 0 Å². The monoisotopic (exact) mass is 227 g/mol. The molecule has 1 rings (SSSR count). The molecule has 16 heavy (non-hydrogen) atoms. The van der Waals surface area contributed by atoms with E-state index in [0.29, 0.717) is 12.3 Å². The van der Waals surface area contributed by atoms with Crippen LogP contribution in [-0.4, -0.2) is 35.1 Å². The van der Waals surface area contributed by atoms with Crippen molar-refractivity contribution in [2.24, 2.45) is 5.92 Å². The first-order chi connectivity index (χ1) is 7.70. The van der Waals surface area contributed by atoms with E-state index in [1.807, 2.05) is 4.90 Å². The maximum Gasteiger partial charge on any atom is 0.222 e. The van der Waals surface area contributed by atoms with Crippen LogP contribution in [0.25, 0.3) is 0 Å². The molecule has 3 nitrogen and oxygen atoms in total. The summed E-state index contributed by atoms with van der Waals surface area (Å²) in [6.45, 7) is 5.23. The molecule has 0 aromatic carbocycles. The minimum Gasteiger partial charge on any atom is -0.394 e. The maximum atomic E-state index is 11.9. The number of aliphatic hydroxyl groups excluding tert-OH is 1. The third-order valence-corrected chi connectivity index (χ3v) is 3.63. The van der Waals surface area contributed by atoms with Crippen LogP contribution in [0.5, 0.6) is 0 Å². The average molecular weight is 227 g/mol. The molecule has 1 N–H and O–H groups in total. The van der Waals surface area contributed by atoms with Crippen molar-refractivity contribution in [3.8, 4) is 0 Å². The second-order valence-corrected chi connectivity index (χ2v) is 4.91. The van der Waals surface area contributed by atoms with Gasteiger partial charge in [0.1, 0.15) is 0 Å². The molecule has 0 aromatic rings. The van der Waals surface area contributed by atoms with Crippen molar-refractivity contribution in [1.29, 1.82) is 0 Å². The molecule has 0 bridgehead atoms. The van der Waals surface area contributed by atoms with E-state index >= 15 is 0 Å². The maximum absolute atomic E-state index is 11.9. The largest absolute Gasteiger partial charge is 0.394 e. The SMILES string of the molecule is CCCCCCC(=O)N1CCC(C)C1CO. The lowest BCUT2D eigenvalue weighted by molar-refractivity contribution is -0.133. The molecule has 1 fully saturated rings. The lowest BCUT2D eigenvalue weighted by Gasteiger charge is -2.25. The smallest absolute Gasteiger partial charge is 0.222 e. The van der Waals surface area contributed by atoms with Crippen molar-refractivity contribution in [3.05, 3.63) is 0 Å². The topological polar surface area (TPSA) is 40.5 Å². The highest BCUT2D eigenvalue weighted by Gasteiger charge is 2.33. The van der Waals surface area contributed by atoms with Gasteiger partial charge < -0.3 is 10.0 Å². The van der Waals surface area contributed by atoms with Gasteiger partial charge in [-0.15, -0.1) is 0 Å². The summed E-state index contributed by atoms with van der Waals surface area (Å²) < 4.78 is 0. The van der Waals surface area contributed by atoms with Crippen LogP contribution in [0.4, 0.5) is 0 Å². The molecule has 2 unspecified atom stereocenters. The molecule has 1 heterocycles. The summed E-state index contributed by atoms with van der Waals surface area (Å²) in [5, 5.41) is 9.27. The lowest BCUT2D eigenvalue weighted by atomic mass is 10.0. The van der Waals surface area contributed by atoms with Crippen LogP contribution in [0, 0.1) is 5.92 Å². The molecule has 0 radical (unpaired) electrons. The van der Waals surface area contributed by atoms with Gasteiger partial charge in [0.15, 0.2) is 0 Å². The normalized spacial score (nSPS) is 25.1. The molecule has 94 valence electrons. The first-order valence-electron chi connectivity index (χ1n) is 6.61. The summed E-state index contributed by atoms with van der Waals surface area (Å²) in [6.07, 6.45) is 6.25. The minimum atomic E-state index is 0.0682. The summed E-state index contributed by atoms with van der Waals surface area (Å²) in [4.78, 5) is 13.8. The molecule has 1 amide bonds. The fraction of sp³-hybridized carbons (Fsp3) is 0.923. The van der Waals surface area contributed by atoms with Crippen molar-refractivity contribution < 1.29 is 9.90 Å². The van der Waals surface area contributed by atoms with E-state index in [1.54, 1.807) is 0 Å². The third kappa shape index (κ3) is 3.48. The van der Waals surface area contributed by atoms with E-state index < -0.39 is 0 Å². The van der Waals surface area contributed by atoms with Gasteiger partial charge in [-0.3, -0.25) is 4.79 Å². The summed E-state index contributed by atoms with van der Waals surface area (Å²) >= 11 is 0. The molecule has 3 heteroatoms. The highest BCUT2D eigenvalue weighted by atomic mass is 16.3. The molecular formula is C13H25NO2. The van der Waals surface area contributed by atoms with E-state index in [9.17, 15) is 9.90 Å². The zero-order valence-corrected chi connectivity index (χ0v) is 10.6. The van der Waals surface area contributed by atoms with Gasteiger partial charge in [0, 0.05) is 13.0 Å². The van der Waals surface area contributed by atoms with E-state index in [1.165, 1.54) is 12.8 Å². The molecular weight excluding hydrogens is 202 g/mol. The van der Waals surface area contributed by atoms with Gasteiger partial charge in [-0.1, -0.05) is 33.1 Å². The molecule has 1 saturated heterocycles. The number of unbranched alkanes of at least 4 members (excludes halogenated alkanes) is 3. The number of amides is 1. The van der Waals surface area contributed by atoms with Crippen molar-refractivity contribution >= 4 is 5.91 Å². The van der Waals surface area contributed by atoms with E-state index in [0.717, 1.165) is 25.8 Å². The zero-order valence-electron chi connectivity index (χ0n) is 10.6. The molecule has 0 aliphatic carbocycles. The quantitative estimate of drug-likeness (QED) is 0.707. The number of nitrogens with zero attached hydrogens (tertiary/aromatic N) is 1. The van der Waals surface area contributed by atoms with Gasteiger partial charge >= 0.3 is 0 Å². The number of likely N-dealkylation sites (tertiary alicyclic amines) is 1. The van der Waals surface area contributed by atoms with Crippen LogP contribution >= 0.6 is 0 Å². The van der Waals surface area contributed by atoms with Crippen LogP contribution in [0.15, 0.2) is 0 Å². The first-order valence-corrected chi connectivity index (χ1v) is 6.61. The van der Waals surface area contributed by atoms with E-state index in [-0.39, 0.29) is 18.6 Å². The average Bonchev–Trinajstić information content (AvgIpc) is 2.65. The van der Waals surface area contributed by atoms with E-state index in [2.05, 4.69) is 13.8 Å². The van der Waals surface area contributed by atoms with Crippen LogP contribution < -0.4 is 0 Å². The molecule has 0 saturated carbocycles. The third-order valence-electron chi connectivity index (χ3n) is 3.63. The Morgan fingerprint density at radius 1 is 1.38 bits per heavy atom. The van der Waals surface area contributed by atoms with Gasteiger partial charge in [0.05, 0.1) is 12.6 Å². The highest BCUT2D eigenvalue weighted by molar-refractivity contribution is 5.76. The number of hydrogen-bond donors (Lipinski definition) is 1. The van der Waals surface area contributed by atoms with Crippen molar-refractivity contribution in [2.45, 2.75) is 58.4 Å². The molecule has 0 aromatic heterocycles. The fourth-order valence-corrected chi connectivity index (χ4v) is 2.44. The Bertz CT molecular complexity index is 218. The summed E-state index contributed by atoms with van der Waals surface area (Å²) in [7, 11) is 0. The Hall–Kier alpha value is -0.570. The standard InChI is InChI=1S/C13H25NO2/c1-3-4-5-6-7-13(16)14-9-8-11(2)12(14)10-15/h11-12,15H,3-10H2,1-2H3. The number of carbonyl (C=O) groups excluding carboxylic acids is 1. The van der Waals surface area contributed by atoms with Crippen molar-refractivity contribution in [1.82, 2.24) is 4.90 Å². The molecule has 1 aliphatic heterocycles. The second-order valence-electron chi connectivity index (χ2n) is 4.91. The first kappa shape index (κ1) is 13.5. The molecule has 0 spiro atoms. The number of carbonyl (C=O) groups is 1. The number of aliphatic hydroxyl groups is 1. The minimum absolute atomic E-state index is 0.0682. The second kappa shape index (κ2) is 6.89. The number of hydrogen-bond acceptors (Lipinski definition) is 2. The van der Waals surface area contributed by atoms with Crippen LogP contribution in [-0.2, 0) is 4.79 Å². The van der Waals surface area contributed by atoms with E-state index in [4.69, 9.17) is 0 Å². The molecule has 1 aliphatic rings. The van der Waals surface area contributed by atoms with Gasteiger partial charge in [-0.05, 0) is 18.8 Å². The zero-order chi connectivity index (χ0) is 12.0. The van der Waals surface area contributed by atoms with Gasteiger partial charge in [0.25, 0.3) is 0 Å². The van der Waals surface area contributed by atoms with Gasteiger partial charge in [-0.2, -0.15) is 0 Å². The highest BCUT2D eigenvalue weighted by Crippen LogP contribution is 2.24. The Labute approximate surface area is 98.8 Å². The predicted octanol–water partition coefficient (Wildman–Crippen LogP) is 2.19. The molecule has 2 atom stereocenters. The van der Waals surface area contributed by atoms with Crippen LogP contribution in [0.1, 0.15) is 52.4 Å². The summed E-state index contributed by atoms with van der Waals surface area (Å²) in [5.41, 5.74) is 0. The fourth-order valence-electron chi connectivity index (χ4n) is 2.44. The van der Waals surface area contributed by atoms with Crippen LogP contribution in [0.3, 0.4) is 0 Å². The number of rotatable bonds is 6. The van der Waals surface area contributed by atoms with Crippen molar-refractivity contribution in [2.75, 3.05) is 13.2 Å². The van der Waals surface area contributed by atoms with Gasteiger partial charge in [0.2, 0.25) is 5.91 Å².